The number of aliphatic hydroxyl groups is 1. The van der Waals surface area contributed by atoms with Gasteiger partial charge in [-0.2, -0.15) is 0 Å². The van der Waals surface area contributed by atoms with Crippen molar-refractivity contribution in [1.82, 2.24) is 5.32 Å². The van der Waals surface area contributed by atoms with Crippen LogP contribution in [0.25, 0.3) is 0 Å². The van der Waals surface area contributed by atoms with Crippen LogP contribution in [0.5, 0.6) is 0 Å². The van der Waals surface area contributed by atoms with E-state index in [9.17, 15) is 4.79 Å². The van der Waals surface area contributed by atoms with Gasteiger partial charge in [-0.05, 0) is 49.5 Å². The van der Waals surface area contributed by atoms with E-state index in [2.05, 4.69) is 26.1 Å². The molecule has 0 saturated heterocycles. The highest BCUT2D eigenvalue weighted by Gasteiger charge is 2.24. The van der Waals surface area contributed by atoms with Gasteiger partial charge in [-0.25, -0.2) is 0 Å². The maximum atomic E-state index is 11.8. The van der Waals surface area contributed by atoms with Crippen LogP contribution in [-0.4, -0.2) is 30.7 Å². The molecule has 120 valence electrons. The molecule has 0 aliphatic rings. The first-order valence-corrected chi connectivity index (χ1v) is 7.88. The minimum Gasteiger partial charge on any atom is -0.396 e. The van der Waals surface area contributed by atoms with Crippen molar-refractivity contribution in [2.24, 2.45) is 23.0 Å². The maximum Gasteiger partial charge on any atom is 0.220 e. The van der Waals surface area contributed by atoms with E-state index >= 15 is 0 Å². The summed E-state index contributed by atoms with van der Waals surface area (Å²) in [7, 11) is 0. The van der Waals surface area contributed by atoms with E-state index in [4.69, 9.17) is 10.8 Å². The lowest BCUT2D eigenvalue weighted by atomic mass is 9.76. The molecule has 0 fully saturated rings. The molecule has 0 spiro atoms. The first-order valence-electron chi connectivity index (χ1n) is 7.88. The molecule has 4 nitrogen and oxygen atoms in total. The average molecular weight is 286 g/mol. The number of aliphatic hydroxyl groups excluding tert-OH is 1. The second-order valence-electron chi connectivity index (χ2n) is 6.96. The zero-order chi connectivity index (χ0) is 15.6. The van der Waals surface area contributed by atoms with Crippen LogP contribution in [0.3, 0.4) is 0 Å². The molecule has 0 saturated carbocycles. The summed E-state index contributed by atoms with van der Waals surface area (Å²) in [5, 5.41) is 11.9. The fourth-order valence-electron chi connectivity index (χ4n) is 2.37. The van der Waals surface area contributed by atoms with Crippen LogP contribution in [-0.2, 0) is 4.79 Å². The van der Waals surface area contributed by atoms with E-state index < -0.39 is 0 Å². The summed E-state index contributed by atoms with van der Waals surface area (Å²) < 4.78 is 0. The molecule has 2 atom stereocenters. The molecule has 20 heavy (non-hydrogen) atoms. The molecule has 4 N–H and O–H groups in total. The van der Waals surface area contributed by atoms with E-state index in [0.29, 0.717) is 31.3 Å². The van der Waals surface area contributed by atoms with Gasteiger partial charge >= 0.3 is 0 Å². The Balaban J connectivity index is 3.85. The average Bonchev–Trinajstić information content (AvgIpc) is 2.37. The van der Waals surface area contributed by atoms with Gasteiger partial charge < -0.3 is 16.2 Å². The Hall–Kier alpha value is -0.610. The zero-order valence-electron chi connectivity index (χ0n) is 13.7. The van der Waals surface area contributed by atoms with E-state index in [1.54, 1.807) is 0 Å². The van der Waals surface area contributed by atoms with Crippen LogP contribution < -0.4 is 11.1 Å². The highest BCUT2D eigenvalue weighted by molar-refractivity contribution is 5.75. The van der Waals surface area contributed by atoms with Crippen LogP contribution in [0.15, 0.2) is 0 Å². The summed E-state index contributed by atoms with van der Waals surface area (Å²) in [5.41, 5.74) is 5.86. The quantitative estimate of drug-likeness (QED) is 0.539. The summed E-state index contributed by atoms with van der Waals surface area (Å²) in [5.74, 6) is 0.947. The minimum absolute atomic E-state index is 0.132. The van der Waals surface area contributed by atoms with Crippen LogP contribution in [0.4, 0.5) is 0 Å². The molecular formula is C16H34N2O2. The van der Waals surface area contributed by atoms with Crippen molar-refractivity contribution in [3.8, 4) is 0 Å². The lowest BCUT2D eigenvalue weighted by Crippen LogP contribution is -2.28. The molecule has 0 aromatic rings. The normalized spacial score (nSPS) is 14.9. The number of carbonyl (C=O) groups excluding carboxylic acids is 1. The molecule has 0 heterocycles. The van der Waals surface area contributed by atoms with Crippen molar-refractivity contribution in [2.45, 2.75) is 59.8 Å². The second-order valence-corrected chi connectivity index (χ2v) is 6.96. The monoisotopic (exact) mass is 286 g/mol. The Morgan fingerprint density at radius 3 is 2.40 bits per heavy atom. The lowest BCUT2D eigenvalue weighted by Gasteiger charge is -2.30. The highest BCUT2D eigenvalue weighted by Crippen LogP contribution is 2.31. The van der Waals surface area contributed by atoms with Crippen molar-refractivity contribution in [3.05, 3.63) is 0 Å². The minimum atomic E-state index is 0.132. The van der Waals surface area contributed by atoms with E-state index in [1.807, 2.05) is 6.92 Å². The van der Waals surface area contributed by atoms with Crippen LogP contribution in [0, 0.1) is 17.3 Å². The molecule has 0 aromatic carbocycles. The number of carbonyl (C=O) groups is 1. The highest BCUT2D eigenvalue weighted by atomic mass is 16.3. The molecule has 0 aliphatic carbocycles. The largest absolute Gasteiger partial charge is 0.396 e. The number of hydrogen-bond acceptors (Lipinski definition) is 3. The predicted molar refractivity (Wildman–Crippen MR) is 84.3 cm³/mol. The predicted octanol–water partition coefficient (Wildman–Crippen LogP) is 2.30. The number of nitrogens with one attached hydrogen (secondary N) is 1. The van der Waals surface area contributed by atoms with Crippen LogP contribution >= 0.6 is 0 Å². The Kier molecular flexibility index (Phi) is 9.86. The van der Waals surface area contributed by atoms with Crippen molar-refractivity contribution in [1.29, 1.82) is 0 Å². The smallest absolute Gasteiger partial charge is 0.220 e. The molecule has 0 aromatic heterocycles. The molecular weight excluding hydrogens is 252 g/mol. The lowest BCUT2D eigenvalue weighted by molar-refractivity contribution is -0.121. The summed E-state index contributed by atoms with van der Waals surface area (Å²) in [4.78, 5) is 11.8. The molecule has 1 amide bonds. The fraction of sp³-hybridized carbons (Fsp3) is 0.938. The Bertz CT molecular complexity index is 262. The molecule has 0 rings (SSSR count). The number of hydrogen-bond donors (Lipinski definition) is 3. The number of amides is 1. The van der Waals surface area contributed by atoms with Gasteiger partial charge in [0.1, 0.15) is 0 Å². The number of rotatable bonds is 10. The summed E-state index contributed by atoms with van der Waals surface area (Å²) in [6.07, 6.45) is 4.34. The molecule has 0 radical (unpaired) electrons. The van der Waals surface area contributed by atoms with E-state index in [0.717, 1.165) is 25.7 Å². The molecule has 0 aliphatic heterocycles. The summed E-state index contributed by atoms with van der Waals surface area (Å²) in [6.45, 7) is 10.3. The van der Waals surface area contributed by atoms with Gasteiger partial charge in [0.25, 0.3) is 0 Å². The van der Waals surface area contributed by atoms with Gasteiger partial charge in [-0.3, -0.25) is 4.79 Å². The van der Waals surface area contributed by atoms with E-state index in [-0.39, 0.29) is 17.9 Å². The van der Waals surface area contributed by atoms with Crippen molar-refractivity contribution in [3.63, 3.8) is 0 Å². The van der Waals surface area contributed by atoms with Gasteiger partial charge in [-0.15, -0.1) is 0 Å². The fourth-order valence-corrected chi connectivity index (χ4v) is 2.37. The Morgan fingerprint density at radius 1 is 1.25 bits per heavy atom. The first-order chi connectivity index (χ1) is 9.31. The van der Waals surface area contributed by atoms with Gasteiger partial charge in [0.05, 0.1) is 0 Å². The molecule has 2 unspecified atom stereocenters. The van der Waals surface area contributed by atoms with Crippen molar-refractivity contribution in [2.75, 3.05) is 19.7 Å². The third-order valence-corrected chi connectivity index (χ3v) is 3.97. The Labute approximate surface area is 124 Å². The van der Waals surface area contributed by atoms with Crippen molar-refractivity contribution < 1.29 is 9.90 Å². The maximum absolute atomic E-state index is 11.8. The number of nitrogens with two attached hydrogens (primary N) is 1. The van der Waals surface area contributed by atoms with Gasteiger partial charge in [0.15, 0.2) is 0 Å². The topological polar surface area (TPSA) is 75.3 Å². The molecule has 0 bridgehead atoms. The zero-order valence-corrected chi connectivity index (χ0v) is 13.7. The standard InChI is InChI=1S/C16H34N2O2/c1-13(12-19)6-5-11-18-15(20)8-7-14(9-10-17)16(2,3)4/h13-14,19H,5-12,17H2,1-4H3,(H,18,20). The van der Waals surface area contributed by atoms with Gasteiger partial charge in [0, 0.05) is 19.6 Å². The van der Waals surface area contributed by atoms with Crippen LogP contribution in [0.1, 0.15) is 59.8 Å². The van der Waals surface area contributed by atoms with Gasteiger partial charge in [0.2, 0.25) is 5.91 Å². The first kappa shape index (κ1) is 19.4. The van der Waals surface area contributed by atoms with Crippen LogP contribution in [0.2, 0.25) is 0 Å². The second kappa shape index (κ2) is 10.2. The molecule has 4 heteroatoms. The SMILES string of the molecule is CC(CO)CCCNC(=O)CCC(CCN)C(C)(C)C. The summed E-state index contributed by atoms with van der Waals surface area (Å²) in [6, 6.07) is 0. The van der Waals surface area contributed by atoms with E-state index in [1.165, 1.54) is 0 Å². The van der Waals surface area contributed by atoms with Gasteiger partial charge in [-0.1, -0.05) is 27.7 Å². The third-order valence-electron chi connectivity index (χ3n) is 3.97. The Morgan fingerprint density at radius 2 is 1.90 bits per heavy atom. The summed E-state index contributed by atoms with van der Waals surface area (Å²) >= 11 is 0. The van der Waals surface area contributed by atoms with Crippen molar-refractivity contribution >= 4 is 5.91 Å². The third kappa shape index (κ3) is 9.32.